The van der Waals surface area contributed by atoms with Crippen molar-refractivity contribution < 1.29 is 35.4 Å². The van der Waals surface area contributed by atoms with Gasteiger partial charge in [-0.15, -0.1) is 0 Å². The van der Waals surface area contributed by atoms with Crippen LogP contribution in [0.4, 0.5) is 0 Å². The molecule has 0 aliphatic carbocycles. The Labute approximate surface area is 213 Å². The first-order chi connectivity index (χ1) is 16.2. The van der Waals surface area contributed by atoms with E-state index < -0.39 is 5.97 Å². The Bertz CT molecular complexity index is 1610. The van der Waals surface area contributed by atoms with Crippen LogP contribution in [0.2, 0.25) is 0 Å². The molecule has 6 nitrogen and oxygen atoms in total. The molecule has 0 spiro atoms. The van der Waals surface area contributed by atoms with Gasteiger partial charge < -0.3 is 14.7 Å². The topological polar surface area (TPSA) is 83.7 Å². The van der Waals surface area contributed by atoms with Gasteiger partial charge in [-0.2, -0.15) is 0 Å². The molecule has 0 radical (unpaired) electrons. The van der Waals surface area contributed by atoms with E-state index in [2.05, 4.69) is 19.9 Å². The van der Waals surface area contributed by atoms with Crippen molar-refractivity contribution in [2.45, 2.75) is 0 Å². The number of carbonyl (C=O) groups is 1. The van der Waals surface area contributed by atoms with Crippen LogP contribution < -0.4 is 4.74 Å². The van der Waals surface area contributed by atoms with Gasteiger partial charge in [-0.1, -0.05) is 18.2 Å². The third kappa shape index (κ3) is 4.61. The van der Waals surface area contributed by atoms with E-state index in [1.165, 1.54) is 0 Å². The Kier molecular flexibility index (Phi) is 5.94. The number of rotatable bonds is 2. The maximum atomic E-state index is 12.7. The molecule has 3 aromatic heterocycles. The number of esters is 1. The number of hydrogen-bond donors (Lipinski definition) is 2. The summed E-state index contributed by atoms with van der Waals surface area (Å²) in [5.74, 6) is 0.0222. The molecule has 7 heteroatoms. The van der Waals surface area contributed by atoms with Gasteiger partial charge in [0, 0.05) is 48.5 Å². The summed E-state index contributed by atoms with van der Waals surface area (Å²) < 4.78 is 5.75. The SMILES string of the molecule is O=C(Oc1cc2cc3ccc(cc4nc(cc5nc(cc1[nH]2)C=C5)C=C4)[nH]3)c1ccccc1.[Hf]. The smallest absolute Gasteiger partial charge is 0.343 e. The largest absolute Gasteiger partial charge is 0.421 e. The maximum Gasteiger partial charge on any atom is 0.343 e. The molecule has 0 saturated carbocycles. The normalized spacial score (nSPS) is 11.8. The van der Waals surface area contributed by atoms with E-state index in [1.807, 2.05) is 85.0 Å². The van der Waals surface area contributed by atoms with Crippen molar-refractivity contribution in [1.29, 1.82) is 0 Å². The molecule has 6 rings (SSSR count). The van der Waals surface area contributed by atoms with Crippen LogP contribution in [0.25, 0.3) is 46.4 Å². The molecular weight excluding hydrogens is 591 g/mol. The first kappa shape index (κ1) is 22.0. The van der Waals surface area contributed by atoms with E-state index in [-0.39, 0.29) is 25.8 Å². The fourth-order valence-electron chi connectivity index (χ4n) is 3.81. The van der Waals surface area contributed by atoms with Crippen molar-refractivity contribution >= 4 is 52.3 Å². The molecule has 2 aliphatic heterocycles. The molecule has 0 fully saturated rings. The van der Waals surface area contributed by atoms with Crippen LogP contribution in [0.3, 0.4) is 0 Å². The van der Waals surface area contributed by atoms with E-state index in [1.54, 1.807) is 12.1 Å². The maximum absolute atomic E-state index is 12.7. The van der Waals surface area contributed by atoms with Crippen molar-refractivity contribution in [2.75, 3.05) is 0 Å². The van der Waals surface area contributed by atoms with Gasteiger partial charge in [0.05, 0.1) is 33.9 Å². The number of fused-ring (bicyclic) bond motifs is 8. The van der Waals surface area contributed by atoms with Gasteiger partial charge in [-0.25, -0.2) is 14.8 Å². The molecule has 8 bridgehead atoms. The number of aromatic nitrogens is 4. The van der Waals surface area contributed by atoms with Crippen LogP contribution in [0, 0.1) is 0 Å². The number of H-pyrrole nitrogens is 2. The Hall–Kier alpha value is -3.84. The Morgan fingerprint density at radius 3 is 1.97 bits per heavy atom. The molecule has 0 amide bonds. The summed E-state index contributed by atoms with van der Waals surface area (Å²) in [6.07, 6.45) is 7.80. The minimum Gasteiger partial charge on any atom is -0.421 e. The quantitative estimate of drug-likeness (QED) is 0.190. The van der Waals surface area contributed by atoms with Crippen molar-refractivity contribution in [2.24, 2.45) is 0 Å². The van der Waals surface area contributed by atoms with Crippen molar-refractivity contribution in [3.63, 3.8) is 0 Å². The van der Waals surface area contributed by atoms with Gasteiger partial charge >= 0.3 is 5.97 Å². The molecule has 2 aliphatic rings. The third-order valence-electron chi connectivity index (χ3n) is 5.34. The first-order valence-electron chi connectivity index (χ1n) is 10.5. The van der Waals surface area contributed by atoms with E-state index in [0.29, 0.717) is 16.8 Å². The molecule has 4 aromatic rings. The molecule has 0 unspecified atom stereocenters. The minimum atomic E-state index is -0.416. The average molecular weight is 609 g/mol. The average Bonchev–Trinajstić information content (AvgIpc) is 3.60. The van der Waals surface area contributed by atoms with E-state index >= 15 is 0 Å². The number of nitrogens with one attached hydrogen (secondary N) is 2. The van der Waals surface area contributed by atoms with Crippen molar-refractivity contribution in [3.8, 4) is 5.75 Å². The molecule has 34 heavy (non-hydrogen) atoms. The molecule has 0 saturated heterocycles. The summed E-state index contributed by atoms with van der Waals surface area (Å²) in [4.78, 5) is 28.7. The zero-order chi connectivity index (χ0) is 22.2. The summed E-state index contributed by atoms with van der Waals surface area (Å²) in [5, 5.41) is 0. The zero-order valence-electron chi connectivity index (χ0n) is 17.9. The second-order valence-corrected chi connectivity index (χ2v) is 7.79. The number of carbonyl (C=O) groups excluding carboxylic acids is 1. The summed E-state index contributed by atoms with van der Waals surface area (Å²) >= 11 is 0. The monoisotopic (exact) mass is 610 g/mol. The summed E-state index contributed by atoms with van der Waals surface area (Å²) in [5.41, 5.74) is 7.07. The second-order valence-electron chi connectivity index (χ2n) is 7.79. The molecule has 1 aromatic carbocycles. The van der Waals surface area contributed by atoms with Crippen molar-refractivity contribution in [3.05, 3.63) is 101 Å². The molecule has 2 N–H and O–H groups in total. The van der Waals surface area contributed by atoms with Crippen LogP contribution in [0.15, 0.2) is 72.8 Å². The predicted molar refractivity (Wildman–Crippen MR) is 130 cm³/mol. The minimum absolute atomic E-state index is 0. The van der Waals surface area contributed by atoms with E-state index in [9.17, 15) is 4.79 Å². The van der Waals surface area contributed by atoms with E-state index in [0.717, 1.165) is 39.3 Å². The van der Waals surface area contributed by atoms with E-state index in [4.69, 9.17) is 4.74 Å². The van der Waals surface area contributed by atoms with Gasteiger partial charge in [-0.3, -0.25) is 0 Å². The summed E-state index contributed by atoms with van der Waals surface area (Å²) in [6, 6.07) is 22.5. The number of hydrogen-bond acceptors (Lipinski definition) is 4. The summed E-state index contributed by atoms with van der Waals surface area (Å²) in [7, 11) is 0. The Morgan fingerprint density at radius 2 is 1.26 bits per heavy atom. The van der Waals surface area contributed by atoms with Crippen molar-refractivity contribution in [1.82, 2.24) is 19.9 Å². The van der Waals surface area contributed by atoms with Gasteiger partial charge in [0.1, 0.15) is 0 Å². The second kappa shape index (κ2) is 9.19. The molecule has 5 heterocycles. The predicted octanol–water partition coefficient (Wildman–Crippen LogP) is 5.87. The Balaban J connectivity index is 0.00000241. The van der Waals surface area contributed by atoms with Gasteiger partial charge in [-0.05, 0) is 72.8 Å². The number of ether oxygens (including phenoxy) is 1. The van der Waals surface area contributed by atoms with Crippen LogP contribution in [0.1, 0.15) is 33.1 Å². The van der Waals surface area contributed by atoms with Gasteiger partial charge in [0.2, 0.25) is 0 Å². The van der Waals surface area contributed by atoms with Crippen LogP contribution >= 0.6 is 0 Å². The fourth-order valence-corrected chi connectivity index (χ4v) is 3.81. The summed E-state index contributed by atoms with van der Waals surface area (Å²) in [6.45, 7) is 0. The molecular formula is C27H18HfN4O2. The number of benzene rings is 1. The Morgan fingerprint density at radius 1 is 0.647 bits per heavy atom. The van der Waals surface area contributed by atoms with Crippen LogP contribution in [0.5, 0.6) is 5.75 Å². The van der Waals surface area contributed by atoms with Gasteiger partial charge in [0.25, 0.3) is 0 Å². The standard InChI is InChI=1S/C27H18N4O2.Hf/c32-27(17-4-2-1-3-5-17)33-26-16-24-14-22-9-8-20(29-22)12-18-6-7-19(28-18)13-21-10-11-23(30-21)15-25(26)31-24;/h1-16,29,31H;. The third-order valence-corrected chi connectivity index (χ3v) is 5.34. The van der Waals surface area contributed by atoms with Gasteiger partial charge in [0.15, 0.2) is 5.75 Å². The number of nitrogens with zero attached hydrogens (tertiary/aromatic N) is 2. The molecule has 0 atom stereocenters. The first-order valence-corrected chi connectivity index (χ1v) is 10.5. The zero-order valence-corrected chi connectivity index (χ0v) is 21.5. The van der Waals surface area contributed by atoms with Crippen LogP contribution in [-0.4, -0.2) is 25.9 Å². The van der Waals surface area contributed by atoms with Crippen LogP contribution in [-0.2, 0) is 25.8 Å². The molecule has 162 valence electrons. The number of aromatic amines is 2. The fraction of sp³-hybridized carbons (Fsp3) is 0.